The van der Waals surface area contributed by atoms with E-state index in [0.29, 0.717) is 12.5 Å². The molecule has 2 atom stereocenters. The van der Waals surface area contributed by atoms with Crippen LogP contribution in [-0.4, -0.2) is 49.7 Å². The lowest BCUT2D eigenvalue weighted by Crippen LogP contribution is -2.45. The van der Waals surface area contributed by atoms with Crippen molar-refractivity contribution in [2.24, 2.45) is 5.92 Å². The number of nitrogens with zero attached hydrogens (tertiary/aromatic N) is 1. The maximum absolute atomic E-state index is 12.8. The normalized spacial score (nSPS) is 25.1. The van der Waals surface area contributed by atoms with Crippen LogP contribution in [0.2, 0.25) is 0 Å². The van der Waals surface area contributed by atoms with E-state index in [-0.39, 0.29) is 12.0 Å². The highest BCUT2D eigenvalue weighted by Crippen LogP contribution is 2.19. The van der Waals surface area contributed by atoms with Gasteiger partial charge in [0.25, 0.3) is 0 Å². The highest BCUT2D eigenvalue weighted by atomic mass is 16.5. The summed E-state index contributed by atoms with van der Waals surface area (Å²) in [6.07, 6.45) is 2.86. The number of rotatable bonds is 5. The van der Waals surface area contributed by atoms with Crippen molar-refractivity contribution < 1.29 is 9.53 Å². The van der Waals surface area contributed by atoms with Crippen LogP contribution in [0.15, 0.2) is 30.3 Å². The molecule has 2 aliphatic heterocycles. The Balaban J connectivity index is 1.65. The van der Waals surface area contributed by atoms with Crippen molar-refractivity contribution in [1.29, 1.82) is 0 Å². The summed E-state index contributed by atoms with van der Waals surface area (Å²) in [5.41, 5.74) is 1.29. The first-order valence-electron chi connectivity index (χ1n) is 7.97. The van der Waals surface area contributed by atoms with Gasteiger partial charge in [0.15, 0.2) is 0 Å². The average Bonchev–Trinajstić information content (AvgIpc) is 3.22. The topological polar surface area (TPSA) is 41.6 Å². The molecule has 4 nitrogen and oxygen atoms in total. The first-order chi connectivity index (χ1) is 10.3. The van der Waals surface area contributed by atoms with Gasteiger partial charge in [-0.25, -0.2) is 0 Å². The first kappa shape index (κ1) is 14.5. The monoisotopic (exact) mass is 288 g/mol. The Hall–Kier alpha value is -1.39. The van der Waals surface area contributed by atoms with Gasteiger partial charge in [0.1, 0.15) is 0 Å². The fourth-order valence-corrected chi connectivity index (χ4v) is 3.23. The molecule has 0 saturated carbocycles. The second kappa shape index (κ2) is 7.05. The van der Waals surface area contributed by atoms with Gasteiger partial charge >= 0.3 is 0 Å². The zero-order valence-electron chi connectivity index (χ0n) is 12.5. The summed E-state index contributed by atoms with van der Waals surface area (Å²) in [6, 6.07) is 10.7. The number of nitrogens with one attached hydrogen (secondary N) is 1. The third-order valence-corrected chi connectivity index (χ3v) is 4.52. The van der Waals surface area contributed by atoms with E-state index < -0.39 is 0 Å². The van der Waals surface area contributed by atoms with E-state index >= 15 is 0 Å². The van der Waals surface area contributed by atoms with E-state index in [1.54, 1.807) is 0 Å². The lowest BCUT2D eigenvalue weighted by Gasteiger charge is -2.30. The van der Waals surface area contributed by atoms with Crippen molar-refractivity contribution in [3.8, 4) is 0 Å². The zero-order chi connectivity index (χ0) is 14.5. The Morgan fingerprint density at radius 1 is 1.29 bits per heavy atom. The fraction of sp³-hybridized carbons (Fsp3) is 0.588. The van der Waals surface area contributed by atoms with E-state index in [0.717, 1.165) is 45.5 Å². The largest absolute Gasteiger partial charge is 0.379 e. The van der Waals surface area contributed by atoms with Crippen LogP contribution in [-0.2, 0) is 16.0 Å². The molecule has 0 spiro atoms. The molecule has 1 amide bonds. The number of carbonyl (C=O) groups is 1. The molecule has 2 unspecified atom stereocenters. The predicted octanol–water partition coefficient (Wildman–Crippen LogP) is 1.46. The molecule has 2 heterocycles. The van der Waals surface area contributed by atoms with Crippen LogP contribution >= 0.6 is 0 Å². The summed E-state index contributed by atoms with van der Waals surface area (Å²) in [7, 11) is 0. The molecule has 0 radical (unpaired) electrons. The minimum atomic E-state index is 0.154. The Morgan fingerprint density at radius 3 is 2.81 bits per heavy atom. The van der Waals surface area contributed by atoms with E-state index in [4.69, 9.17) is 4.74 Å². The highest BCUT2D eigenvalue weighted by Gasteiger charge is 2.32. The Bertz CT molecular complexity index is 451. The average molecular weight is 288 g/mol. The molecular formula is C17H24N2O2. The van der Waals surface area contributed by atoms with E-state index in [2.05, 4.69) is 34.5 Å². The summed E-state index contributed by atoms with van der Waals surface area (Å²) in [4.78, 5) is 14.9. The Morgan fingerprint density at radius 2 is 2.14 bits per heavy atom. The summed E-state index contributed by atoms with van der Waals surface area (Å²) in [6.45, 7) is 4.06. The third kappa shape index (κ3) is 3.63. The van der Waals surface area contributed by atoms with Gasteiger partial charge in [0.2, 0.25) is 5.91 Å². The minimum absolute atomic E-state index is 0.154. The van der Waals surface area contributed by atoms with Crippen molar-refractivity contribution >= 4 is 5.91 Å². The van der Waals surface area contributed by atoms with Crippen molar-refractivity contribution in [3.63, 3.8) is 0 Å². The van der Waals surface area contributed by atoms with Crippen LogP contribution in [0.4, 0.5) is 0 Å². The standard InChI is InChI=1S/C17H24N2O2/c20-17(15-6-9-18-12-15)19(16-8-11-21-13-16)10-7-14-4-2-1-3-5-14/h1-5,15-16,18H,6-13H2. The van der Waals surface area contributed by atoms with Gasteiger partial charge < -0.3 is 15.0 Å². The Labute approximate surface area is 126 Å². The highest BCUT2D eigenvalue weighted by molar-refractivity contribution is 5.79. The summed E-state index contributed by atoms with van der Waals surface area (Å²) in [5, 5.41) is 3.29. The van der Waals surface area contributed by atoms with Crippen LogP contribution in [0.25, 0.3) is 0 Å². The van der Waals surface area contributed by atoms with Crippen molar-refractivity contribution in [2.75, 3.05) is 32.8 Å². The number of benzene rings is 1. The molecule has 2 fully saturated rings. The van der Waals surface area contributed by atoms with Gasteiger partial charge in [0, 0.05) is 19.7 Å². The van der Waals surface area contributed by atoms with Crippen LogP contribution < -0.4 is 5.32 Å². The second-order valence-corrected chi connectivity index (χ2v) is 5.97. The van der Waals surface area contributed by atoms with Crippen molar-refractivity contribution in [3.05, 3.63) is 35.9 Å². The minimum Gasteiger partial charge on any atom is -0.379 e. The van der Waals surface area contributed by atoms with Crippen molar-refractivity contribution in [1.82, 2.24) is 10.2 Å². The molecule has 0 bridgehead atoms. The lowest BCUT2D eigenvalue weighted by molar-refractivity contribution is -0.137. The quantitative estimate of drug-likeness (QED) is 0.892. The van der Waals surface area contributed by atoms with Crippen LogP contribution in [0, 0.1) is 5.92 Å². The molecule has 21 heavy (non-hydrogen) atoms. The SMILES string of the molecule is O=C(C1CCNC1)N(CCc1ccccc1)C1CCOC1. The molecule has 114 valence electrons. The van der Waals surface area contributed by atoms with Gasteiger partial charge in [-0.2, -0.15) is 0 Å². The van der Waals surface area contributed by atoms with E-state index in [1.165, 1.54) is 5.56 Å². The molecule has 1 aromatic rings. The summed E-state index contributed by atoms with van der Waals surface area (Å²) >= 11 is 0. The summed E-state index contributed by atoms with van der Waals surface area (Å²) < 4.78 is 5.49. The molecule has 0 aromatic heterocycles. The predicted molar refractivity (Wildman–Crippen MR) is 82.1 cm³/mol. The van der Waals surface area contributed by atoms with Gasteiger partial charge in [-0.15, -0.1) is 0 Å². The number of ether oxygens (including phenoxy) is 1. The molecule has 2 saturated heterocycles. The smallest absolute Gasteiger partial charge is 0.227 e. The van der Waals surface area contributed by atoms with Gasteiger partial charge in [-0.05, 0) is 31.4 Å². The molecule has 2 aliphatic rings. The van der Waals surface area contributed by atoms with Gasteiger partial charge in [-0.1, -0.05) is 30.3 Å². The van der Waals surface area contributed by atoms with Gasteiger partial charge in [0.05, 0.1) is 18.6 Å². The van der Waals surface area contributed by atoms with E-state index in [1.807, 2.05) is 6.07 Å². The Kier molecular flexibility index (Phi) is 4.88. The maximum atomic E-state index is 12.8. The number of hydrogen-bond acceptors (Lipinski definition) is 3. The van der Waals surface area contributed by atoms with Crippen LogP contribution in [0.3, 0.4) is 0 Å². The molecule has 3 rings (SSSR count). The molecule has 1 N–H and O–H groups in total. The van der Waals surface area contributed by atoms with Crippen LogP contribution in [0.5, 0.6) is 0 Å². The third-order valence-electron chi connectivity index (χ3n) is 4.52. The second-order valence-electron chi connectivity index (χ2n) is 5.97. The molecule has 4 heteroatoms. The molecule has 1 aromatic carbocycles. The lowest BCUT2D eigenvalue weighted by atomic mass is 10.0. The molecular weight excluding hydrogens is 264 g/mol. The summed E-state index contributed by atoms with van der Waals surface area (Å²) in [5.74, 6) is 0.466. The maximum Gasteiger partial charge on any atom is 0.227 e. The molecule has 0 aliphatic carbocycles. The first-order valence-corrected chi connectivity index (χ1v) is 7.97. The number of carbonyl (C=O) groups excluding carboxylic acids is 1. The fourth-order valence-electron chi connectivity index (χ4n) is 3.23. The van der Waals surface area contributed by atoms with Crippen LogP contribution in [0.1, 0.15) is 18.4 Å². The number of amides is 1. The number of hydrogen-bond donors (Lipinski definition) is 1. The van der Waals surface area contributed by atoms with E-state index in [9.17, 15) is 4.79 Å². The van der Waals surface area contributed by atoms with Gasteiger partial charge in [-0.3, -0.25) is 4.79 Å². The zero-order valence-corrected chi connectivity index (χ0v) is 12.5. The van der Waals surface area contributed by atoms with Crippen molar-refractivity contribution in [2.45, 2.75) is 25.3 Å².